The summed E-state index contributed by atoms with van der Waals surface area (Å²) in [6, 6.07) is 5.10. The number of carbonyl (C=O) groups is 2. The van der Waals surface area contributed by atoms with Crippen LogP contribution >= 0.6 is 11.3 Å². The topological polar surface area (TPSA) is 68.3 Å². The van der Waals surface area contributed by atoms with Crippen molar-refractivity contribution in [2.24, 2.45) is 0 Å². The van der Waals surface area contributed by atoms with Crippen molar-refractivity contribution in [2.45, 2.75) is 20.8 Å². The van der Waals surface area contributed by atoms with Crippen molar-refractivity contribution in [1.29, 1.82) is 0 Å². The van der Waals surface area contributed by atoms with Gasteiger partial charge in [-0.3, -0.25) is 14.9 Å². The van der Waals surface area contributed by atoms with E-state index in [1.165, 1.54) is 18.3 Å². The van der Waals surface area contributed by atoms with Gasteiger partial charge in [0, 0.05) is 16.6 Å². The summed E-state index contributed by atoms with van der Waals surface area (Å²) in [5, 5.41) is 3.34. The van der Waals surface area contributed by atoms with Gasteiger partial charge in [0.2, 0.25) is 0 Å². The summed E-state index contributed by atoms with van der Waals surface area (Å²) in [7, 11) is 0. The fourth-order valence-electron chi connectivity index (χ4n) is 1.74. The number of amides is 1. The first-order chi connectivity index (χ1) is 9.95. The van der Waals surface area contributed by atoms with Gasteiger partial charge in [0.25, 0.3) is 5.91 Å². The van der Waals surface area contributed by atoms with E-state index in [1.807, 2.05) is 13.8 Å². The molecule has 0 spiro atoms. The van der Waals surface area contributed by atoms with Crippen molar-refractivity contribution in [1.82, 2.24) is 4.98 Å². The van der Waals surface area contributed by atoms with E-state index in [0.717, 1.165) is 10.4 Å². The van der Waals surface area contributed by atoms with E-state index in [2.05, 4.69) is 10.3 Å². The number of hydrogen-bond acceptors (Lipinski definition) is 5. The zero-order valence-corrected chi connectivity index (χ0v) is 12.9. The average Bonchev–Trinajstić information content (AvgIpc) is 2.81. The first kappa shape index (κ1) is 15.2. The van der Waals surface area contributed by atoms with Gasteiger partial charge in [-0.05, 0) is 44.5 Å². The minimum Gasteiger partial charge on any atom is -0.486 e. The number of nitrogens with one attached hydrogen (secondary N) is 1. The number of ether oxygens (including phenoxy) is 1. The van der Waals surface area contributed by atoms with Crippen molar-refractivity contribution in [3.63, 3.8) is 0 Å². The molecule has 1 amide bonds. The van der Waals surface area contributed by atoms with E-state index in [0.29, 0.717) is 16.4 Å². The van der Waals surface area contributed by atoms with E-state index in [1.54, 1.807) is 24.4 Å². The van der Waals surface area contributed by atoms with Gasteiger partial charge in [-0.1, -0.05) is 0 Å². The molecule has 0 unspecified atom stereocenters. The highest BCUT2D eigenvalue weighted by atomic mass is 32.1. The Labute approximate surface area is 127 Å². The third-order valence-corrected chi connectivity index (χ3v) is 3.55. The summed E-state index contributed by atoms with van der Waals surface area (Å²) in [4.78, 5) is 28.2. The Hall–Kier alpha value is -2.21. The van der Waals surface area contributed by atoms with Crippen molar-refractivity contribution < 1.29 is 14.3 Å². The SMILES string of the molecule is CC(=O)COc1ccc(C(=O)Nc2ncc(C)s2)c(C)c1. The summed E-state index contributed by atoms with van der Waals surface area (Å²) in [5.41, 5.74) is 1.33. The molecular weight excluding hydrogens is 288 g/mol. The van der Waals surface area contributed by atoms with Crippen LogP contribution in [0.15, 0.2) is 24.4 Å². The number of Topliss-reactive ketones (excluding diaryl/α,β-unsaturated/α-hetero) is 1. The summed E-state index contributed by atoms with van der Waals surface area (Å²) in [6.07, 6.45) is 1.71. The Morgan fingerprint density at radius 3 is 2.67 bits per heavy atom. The monoisotopic (exact) mass is 304 g/mol. The zero-order valence-electron chi connectivity index (χ0n) is 12.1. The molecule has 2 rings (SSSR count). The molecule has 110 valence electrons. The molecule has 2 aromatic rings. The predicted octanol–water partition coefficient (Wildman–Crippen LogP) is 2.98. The van der Waals surface area contributed by atoms with E-state index in [-0.39, 0.29) is 18.3 Å². The Kier molecular flexibility index (Phi) is 4.70. The highest BCUT2D eigenvalue weighted by molar-refractivity contribution is 7.15. The van der Waals surface area contributed by atoms with E-state index >= 15 is 0 Å². The molecule has 0 aliphatic carbocycles. The van der Waals surface area contributed by atoms with Crippen LogP contribution in [-0.4, -0.2) is 23.3 Å². The zero-order chi connectivity index (χ0) is 15.4. The van der Waals surface area contributed by atoms with Gasteiger partial charge in [-0.2, -0.15) is 0 Å². The lowest BCUT2D eigenvalue weighted by atomic mass is 10.1. The summed E-state index contributed by atoms with van der Waals surface area (Å²) >= 11 is 1.43. The second kappa shape index (κ2) is 6.49. The van der Waals surface area contributed by atoms with Crippen LogP contribution in [0.25, 0.3) is 0 Å². The summed E-state index contributed by atoms with van der Waals surface area (Å²) in [6.45, 7) is 5.25. The van der Waals surface area contributed by atoms with Crippen LogP contribution in [0, 0.1) is 13.8 Å². The minimum atomic E-state index is -0.208. The molecule has 0 saturated carbocycles. The highest BCUT2D eigenvalue weighted by Crippen LogP contribution is 2.21. The molecule has 0 saturated heterocycles. The van der Waals surface area contributed by atoms with Gasteiger partial charge in [0.15, 0.2) is 10.9 Å². The van der Waals surface area contributed by atoms with Crippen LogP contribution in [0.3, 0.4) is 0 Å². The Bertz CT molecular complexity index is 679. The van der Waals surface area contributed by atoms with Crippen LogP contribution in [0.2, 0.25) is 0 Å². The number of carbonyl (C=O) groups excluding carboxylic acids is 2. The number of thiazole rings is 1. The van der Waals surface area contributed by atoms with Crippen molar-refractivity contribution in [3.05, 3.63) is 40.4 Å². The van der Waals surface area contributed by atoms with E-state index in [9.17, 15) is 9.59 Å². The summed E-state index contributed by atoms with van der Waals surface area (Å²) < 4.78 is 5.31. The fraction of sp³-hybridized carbons (Fsp3) is 0.267. The largest absolute Gasteiger partial charge is 0.486 e. The lowest BCUT2D eigenvalue weighted by molar-refractivity contribution is -0.118. The molecule has 0 aliphatic rings. The fourth-order valence-corrected chi connectivity index (χ4v) is 2.40. The van der Waals surface area contributed by atoms with Crippen LogP contribution in [0.1, 0.15) is 27.7 Å². The van der Waals surface area contributed by atoms with Crippen LogP contribution in [0.4, 0.5) is 5.13 Å². The normalized spacial score (nSPS) is 10.2. The number of aromatic nitrogens is 1. The maximum Gasteiger partial charge on any atom is 0.257 e. The number of nitrogens with zero attached hydrogens (tertiary/aromatic N) is 1. The molecule has 1 aromatic carbocycles. The molecule has 0 fully saturated rings. The standard InChI is InChI=1S/C15H16N2O3S/c1-9-6-12(20-8-10(2)18)4-5-13(9)14(19)17-15-16-7-11(3)21-15/h4-7H,8H2,1-3H3,(H,16,17,19). The number of benzene rings is 1. The smallest absolute Gasteiger partial charge is 0.257 e. The molecule has 1 heterocycles. The average molecular weight is 304 g/mol. The van der Waals surface area contributed by atoms with Crippen LogP contribution in [0.5, 0.6) is 5.75 Å². The van der Waals surface area contributed by atoms with Gasteiger partial charge in [-0.15, -0.1) is 11.3 Å². The van der Waals surface area contributed by atoms with Gasteiger partial charge in [0.1, 0.15) is 12.4 Å². The number of ketones is 1. The molecule has 0 bridgehead atoms. The number of anilines is 1. The Morgan fingerprint density at radius 1 is 1.33 bits per heavy atom. The molecule has 0 radical (unpaired) electrons. The molecule has 0 aliphatic heterocycles. The van der Waals surface area contributed by atoms with Gasteiger partial charge in [0.05, 0.1) is 0 Å². The third kappa shape index (κ3) is 4.13. The molecule has 5 nitrogen and oxygen atoms in total. The Balaban J connectivity index is 2.09. The number of aryl methyl sites for hydroxylation is 2. The van der Waals surface area contributed by atoms with Crippen LogP contribution in [-0.2, 0) is 4.79 Å². The molecule has 6 heteroatoms. The van der Waals surface area contributed by atoms with Crippen LogP contribution < -0.4 is 10.1 Å². The Morgan fingerprint density at radius 2 is 2.10 bits per heavy atom. The number of rotatable bonds is 5. The van der Waals surface area contributed by atoms with Crippen molar-refractivity contribution in [3.8, 4) is 5.75 Å². The summed E-state index contributed by atoms with van der Waals surface area (Å²) in [5.74, 6) is 0.318. The molecule has 0 atom stereocenters. The highest BCUT2D eigenvalue weighted by Gasteiger charge is 2.12. The second-order valence-electron chi connectivity index (χ2n) is 4.70. The van der Waals surface area contributed by atoms with Gasteiger partial charge < -0.3 is 4.74 Å². The number of hydrogen-bond donors (Lipinski definition) is 1. The molecule has 1 N–H and O–H groups in total. The maximum absolute atomic E-state index is 12.2. The van der Waals surface area contributed by atoms with Crippen molar-refractivity contribution >= 4 is 28.2 Å². The third-order valence-electron chi connectivity index (χ3n) is 2.73. The predicted molar refractivity (Wildman–Crippen MR) is 82.2 cm³/mol. The van der Waals surface area contributed by atoms with E-state index in [4.69, 9.17) is 4.74 Å². The molecular formula is C15H16N2O3S. The minimum absolute atomic E-state index is 0.0311. The second-order valence-corrected chi connectivity index (χ2v) is 5.93. The van der Waals surface area contributed by atoms with E-state index < -0.39 is 0 Å². The first-order valence-electron chi connectivity index (χ1n) is 6.42. The first-order valence-corrected chi connectivity index (χ1v) is 7.24. The van der Waals surface area contributed by atoms with Gasteiger partial charge >= 0.3 is 0 Å². The molecule has 1 aromatic heterocycles. The lowest BCUT2D eigenvalue weighted by Crippen LogP contribution is -2.13. The van der Waals surface area contributed by atoms with Gasteiger partial charge in [-0.25, -0.2) is 4.98 Å². The quantitative estimate of drug-likeness (QED) is 0.922. The maximum atomic E-state index is 12.2. The molecule has 21 heavy (non-hydrogen) atoms. The lowest BCUT2D eigenvalue weighted by Gasteiger charge is -2.09. The van der Waals surface area contributed by atoms with Crippen molar-refractivity contribution in [2.75, 3.05) is 11.9 Å².